The maximum Gasteiger partial charge on any atom is 0.144 e. The molecule has 0 aliphatic heterocycles. The smallest absolute Gasteiger partial charge is 0.144 e. The molecule has 108 valence electrons. The van der Waals surface area contributed by atoms with Gasteiger partial charge >= 0.3 is 0 Å². The van der Waals surface area contributed by atoms with Crippen LogP contribution < -0.4 is 5.32 Å². The summed E-state index contributed by atoms with van der Waals surface area (Å²) in [5.41, 5.74) is 1.59. The Morgan fingerprint density at radius 3 is 2.86 bits per heavy atom. The monoisotopic (exact) mass is 279 g/mol. The summed E-state index contributed by atoms with van der Waals surface area (Å²) >= 11 is 0. The molecule has 21 heavy (non-hydrogen) atoms. The van der Waals surface area contributed by atoms with Crippen molar-refractivity contribution in [1.29, 1.82) is 5.26 Å². The lowest BCUT2D eigenvalue weighted by Crippen LogP contribution is -2.27. The minimum atomic E-state index is 0.424. The number of benzene rings is 1. The number of rotatable bonds is 2. The van der Waals surface area contributed by atoms with Gasteiger partial charge in [0.2, 0.25) is 0 Å². The summed E-state index contributed by atoms with van der Waals surface area (Å²) in [6, 6.07) is 12.6. The SMILES string of the molecule is CC1CCCCCC1Nc1nc2ccccc2cc1C#N. The van der Waals surface area contributed by atoms with Crippen molar-refractivity contribution in [2.75, 3.05) is 5.32 Å². The van der Waals surface area contributed by atoms with Crippen LogP contribution in [0.1, 0.15) is 44.6 Å². The van der Waals surface area contributed by atoms with Crippen molar-refractivity contribution in [2.24, 2.45) is 5.92 Å². The van der Waals surface area contributed by atoms with Crippen LogP contribution in [0.2, 0.25) is 0 Å². The second-order valence-electron chi connectivity index (χ2n) is 6.06. The van der Waals surface area contributed by atoms with Gasteiger partial charge in [-0.05, 0) is 30.9 Å². The molecule has 3 heteroatoms. The number of nitrogens with zero attached hydrogens (tertiary/aromatic N) is 2. The number of anilines is 1. The van der Waals surface area contributed by atoms with Crippen molar-refractivity contribution < 1.29 is 0 Å². The molecule has 1 aromatic carbocycles. The largest absolute Gasteiger partial charge is 0.366 e. The van der Waals surface area contributed by atoms with Crippen molar-refractivity contribution >= 4 is 16.7 Å². The third-order valence-corrected chi connectivity index (χ3v) is 4.53. The first kappa shape index (κ1) is 13.9. The Bertz CT molecular complexity index is 672. The Balaban J connectivity index is 1.93. The van der Waals surface area contributed by atoms with Crippen molar-refractivity contribution in [2.45, 2.75) is 45.1 Å². The first-order chi connectivity index (χ1) is 10.3. The van der Waals surface area contributed by atoms with Gasteiger partial charge in [0.15, 0.2) is 0 Å². The van der Waals surface area contributed by atoms with Crippen LogP contribution in [0.25, 0.3) is 10.9 Å². The van der Waals surface area contributed by atoms with Gasteiger partial charge in [0, 0.05) is 11.4 Å². The average Bonchev–Trinajstić information content (AvgIpc) is 2.71. The third kappa shape index (κ3) is 3.00. The number of aromatic nitrogens is 1. The van der Waals surface area contributed by atoms with Crippen LogP contribution in [0, 0.1) is 17.2 Å². The lowest BCUT2D eigenvalue weighted by atomic mass is 9.97. The number of hydrogen-bond acceptors (Lipinski definition) is 3. The molecule has 1 aliphatic rings. The van der Waals surface area contributed by atoms with E-state index >= 15 is 0 Å². The lowest BCUT2D eigenvalue weighted by molar-refractivity contribution is 0.456. The second kappa shape index (κ2) is 6.13. The zero-order valence-corrected chi connectivity index (χ0v) is 12.5. The Hall–Kier alpha value is -2.08. The molecule has 2 atom stereocenters. The van der Waals surface area contributed by atoms with E-state index in [1.54, 1.807) is 0 Å². The predicted octanol–water partition coefficient (Wildman–Crippen LogP) is 4.49. The highest BCUT2D eigenvalue weighted by Gasteiger charge is 2.21. The highest BCUT2D eigenvalue weighted by molar-refractivity contribution is 5.82. The van der Waals surface area contributed by atoms with Gasteiger partial charge in [-0.25, -0.2) is 4.98 Å². The zero-order valence-electron chi connectivity index (χ0n) is 12.5. The molecule has 2 aromatic rings. The zero-order chi connectivity index (χ0) is 14.7. The van der Waals surface area contributed by atoms with E-state index in [4.69, 9.17) is 0 Å². The number of pyridine rings is 1. The van der Waals surface area contributed by atoms with Crippen LogP contribution >= 0.6 is 0 Å². The van der Waals surface area contributed by atoms with E-state index in [0.717, 1.165) is 16.7 Å². The first-order valence-electron chi connectivity index (χ1n) is 7.84. The molecule has 2 unspecified atom stereocenters. The van der Waals surface area contributed by atoms with Gasteiger partial charge in [-0.2, -0.15) is 5.26 Å². The van der Waals surface area contributed by atoms with Gasteiger partial charge in [-0.15, -0.1) is 0 Å². The highest BCUT2D eigenvalue weighted by atomic mass is 15.0. The van der Waals surface area contributed by atoms with E-state index in [1.165, 1.54) is 32.1 Å². The van der Waals surface area contributed by atoms with Crippen LogP contribution in [0.5, 0.6) is 0 Å². The fourth-order valence-electron chi connectivity index (χ4n) is 3.19. The molecule has 0 bridgehead atoms. The number of para-hydroxylation sites is 1. The fourth-order valence-corrected chi connectivity index (χ4v) is 3.19. The Kier molecular flexibility index (Phi) is 4.06. The molecule has 1 aliphatic carbocycles. The number of fused-ring (bicyclic) bond motifs is 1. The van der Waals surface area contributed by atoms with Gasteiger partial charge in [0.1, 0.15) is 11.9 Å². The van der Waals surface area contributed by atoms with Crippen molar-refractivity contribution in [3.63, 3.8) is 0 Å². The molecule has 0 spiro atoms. The standard InChI is InChI=1S/C18H21N3/c1-13-7-3-2-4-9-16(13)20-18-15(12-19)11-14-8-5-6-10-17(14)21-18/h5-6,8,10-11,13,16H,2-4,7,9H2,1H3,(H,20,21). The lowest BCUT2D eigenvalue weighted by Gasteiger charge is -2.24. The normalized spacial score (nSPS) is 22.5. The van der Waals surface area contributed by atoms with Gasteiger partial charge in [0.05, 0.1) is 11.1 Å². The minimum absolute atomic E-state index is 0.424. The average molecular weight is 279 g/mol. The first-order valence-corrected chi connectivity index (χ1v) is 7.84. The van der Waals surface area contributed by atoms with E-state index < -0.39 is 0 Å². The molecule has 1 saturated carbocycles. The molecular formula is C18H21N3. The van der Waals surface area contributed by atoms with E-state index in [2.05, 4.69) is 23.3 Å². The topological polar surface area (TPSA) is 48.7 Å². The molecular weight excluding hydrogens is 258 g/mol. The van der Waals surface area contributed by atoms with Gasteiger partial charge in [-0.1, -0.05) is 44.4 Å². The summed E-state index contributed by atoms with van der Waals surface area (Å²) in [6.07, 6.45) is 6.32. The van der Waals surface area contributed by atoms with Crippen LogP contribution in [-0.4, -0.2) is 11.0 Å². The molecule has 1 N–H and O–H groups in total. The van der Waals surface area contributed by atoms with Crippen LogP contribution in [0.3, 0.4) is 0 Å². The highest BCUT2D eigenvalue weighted by Crippen LogP contribution is 2.27. The van der Waals surface area contributed by atoms with Gasteiger partial charge in [0.25, 0.3) is 0 Å². The van der Waals surface area contributed by atoms with Crippen LogP contribution in [0.15, 0.2) is 30.3 Å². The predicted molar refractivity (Wildman–Crippen MR) is 86.1 cm³/mol. The van der Waals surface area contributed by atoms with Crippen molar-refractivity contribution in [3.8, 4) is 6.07 Å². The van der Waals surface area contributed by atoms with Gasteiger partial charge < -0.3 is 5.32 Å². The quantitative estimate of drug-likeness (QED) is 0.824. The minimum Gasteiger partial charge on any atom is -0.366 e. The summed E-state index contributed by atoms with van der Waals surface area (Å²) in [6.45, 7) is 2.30. The molecule has 3 nitrogen and oxygen atoms in total. The maximum absolute atomic E-state index is 9.40. The molecule has 3 rings (SSSR count). The van der Waals surface area contributed by atoms with Crippen molar-refractivity contribution in [3.05, 3.63) is 35.9 Å². The van der Waals surface area contributed by atoms with E-state index in [9.17, 15) is 5.26 Å². The Labute approximate surface area is 126 Å². The Morgan fingerprint density at radius 2 is 2.00 bits per heavy atom. The third-order valence-electron chi connectivity index (χ3n) is 4.53. The number of nitriles is 1. The fraction of sp³-hybridized carbons (Fsp3) is 0.444. The van der Waals surface area contributed by atoms with Crippen molar-refractivity contribution in [1.82, 2.24) is 4.98 Å². The van der Waals surface area contributed by atoms with E-state index in [-0.39, 0.29) is 0 Å². The molecule has 0 radical (unpaired) electrons. The van der Waals surface area contributed by atoms with Crippen LogP contribution in [0.4, 0.5) is 5.82 Å². The second-order valence-corrected chi connectivity index (χ2v) is 6.06. The summed E-state index contributed by atoms with van der Waals surface area (Å²) in [5.74, 6) is 1.38. The summed E-state index contributed by atoms with van der Waals surface area (Å²) < 4.78 is 0. The summed E-state index contributed by atoms with van der Waals surface area (Å²) in [4.78, 5) is 4.67. The van der Waals surface area contributed by atoms with Gasteiger partial charge in [-0.3, -0.25) is 0 Å². The van der Waals surface area contributed by atoms with E-state index in [0.29, 0.717) is 17.5 Å². The molecule has 1 heterocycles. The Morgan fingerprint density at radius 1 is 1.19 bits per heavy atom. The molecule has 0 amide bonds. The number of hydrogen-bond donors (Lipinski definition) is 1. The maximum atomic E-state index is 9.40. The number of nitrogens with one attached hydrogen (secondary N) is 1. The van der Waals surface area contributed by atoms with E-state index in [1.807, 2.05) is 30.3 Å². The van der Waals surface area contributed by atoms with Crippen LogP contribution in [-0.2, 0) is 0 Å². The molecule has 1 aromatic heterocycles. The molecule has 1 fully saturated rings. The summed E-state index contributed by atoms with van der Waals surface area (Å²) in [5, 5.41) is 14.0. The molecule has 0 saturated heterocycles. The summed E-state index contributed by atoms with van der Waals surface area (Å²) in [7, 11) is 0.